The minimum atomic E-state index is -0.132. The number of amides is 1. The number of methoxy groups -OCH3 is 1. The molecule has 6 nitrogen and oxygen atoms in total. The van der Waals surface area contributed by atoms with Crippen LogP contribution in [0.1, 0.15) is 54.4 Å². The van der Waals surface area contributed by atoms with Gasteiger partial charge in [-0.3, -0.25) is 4.79 Å². The number of hydrogen-bond acceptors (Lipinski definition) is 4. The standard InChI is InChI=1S/C22H28N4O2/c1-4-5-6-10-13-23-22(27)18-14-24-21-20(17-11-8-7-9-12-17)16(2)25-26(21)19(18)15-28-3/h7-9,11-12,14H,4-6,10,13,15H2,1-3H3,(H,23,27). The zero-order valence-corrected chi connectivity index (χ0v) is 16.9. The molecule has 0 fully saturated rings. The maximum Gasteiger partial charge on any atom is 0.254 e. The van der Waals surface area contributed by atoms with Crippen molar-refractivity contribution in [2.24, 2.45) is 0 Å². The molecule has 3 aromatic rings. The molecule has 0 spiro atoms. The normalized spacial score (nSPS) is 11.1. The lowest BCUT2D eigenvalue weighted by atomic mass is 10.1. The second-order valence-corrected chi connectivity index (χ2v) is 6.93. The van der Waals surface area contributed by atoms with E-state index in [0.717, 1.165) is 35.3 Å². The van der Waals surface area contributed by atoms with Crippen molar-refractivity contribution < 1.29 is 9.53 Å². The molecule has 1 amide bonds. The fourth-order valence-electron chi connectivity index (χ4n) is 3.39. The van der Waals surface area contributed by atoms with Crippen LogP contribution < -0.4 is 5.32 Å². The summed E-state index contributed by atoms with van der Waals surface area (Å²) in [6.07, 6.45) is 6.10. The zero-order chi connectivity index (χ0) is 19.9. The second-order valence-electron chi connectivity index (χ2n) is 6.93. The minimum Gasteiger partial charge on any atom is -0.378 e. The van der Waals surface area contributed by atoms with Crippen LogP contribution in [-0.2, 0) is 11.3 Å². The van der Waals surface area contributed by atoms with E-state index in [1.165, 1.54) is 12.8 Å². The van der Waals surface area contributed by atoms with Crippen LogP contribution in [0, 0.1) is 6.92 Å². The fraction of sp³-hybridized carbons (Fsp3) is 0.409. The molecule has 2 heterocycles. The highest BCUT2D eigenvalue weighted by Crippen LogP contribution is 2.28. The molecule has 0 radical (unpaired) electrons. The van der Waals surface area contributed by atoms with E-state index in [1.54, 1.807) is 17.8 Å². The first-order valence-corrected chi connectivity index (χ1v) is 9.87. The smallest absolute Gasteiger partial charge is 0.254 e. The number of benzene rings is 1. The van der Waals surface area contributed by atoms with E-state index in [1.807, 2.05) is 37.3 Å². The summed E-state index contributed by atoms with van der Waals surface area (Å²) in [5, 5.41) is 7.66. The second kappa shape index (κ2) is 9.46. The topological polar surface area (TPSA) is 68.5 Å². The van der Waals surface area contributed by atoms with Gasteiger partial charge >= 0.3 is 0 Å². The molecular weight excluding hydrogens is 352 g/mol. The molecule has 28 heavy (non-hydrogen) atoms. The molecule has 3 rings (SSSR count). The third kappa shape index (κ3) is 4.22. The van der Waals surface area contributed by atoms with Crippen LogP contribution in [0.4, 0.5) is 0 Å². The average Bonchev–Trinajstić information content (AvgIpc) is 3.05. The van der Waals surface area contributed by atoms with Crippen molar-refractivity contribution in [1.82, 2.24) is 19.9 Å². The monoisotopic (exact) mass is 380 g/mol. The number of rotatable bonds is 9. The van der Waals surface area contributed by atoms with Crippen molar-refractivity contribution in [1.29, 1.82) is 0 Å². The molecule has 0 saturated carbocycles. The van der Waals surface area contributed by atoms with Crippen LogP contribution in [0.5, 0.6) is 0 Å². The number of aryl methyl sites for hydroxylation is 1. The number of unbranched alkanes of at least 4 members (excludes halogenated alkanes) is 3. The van der Waals surface area contributed by atoms with Crippen molar-refractivity contribution >= 4 is 11.6 Å². The number of fused-ring (bicyclic) bond motifs is 1. The van der Waals surface area contributed by atoms with Crippen molar-refractivity contribution in [3.05, 3.63) is 53.5 Å². The lowest BCUT2D eigenvalue weighted by Gasteiger charge is -2.11. The molecule has 6 heteroatoms. The predicted molar refractivity (Wildman–Crippen MR) is 110 cm³/mol. The first-order valence-electron chi connectivity index (χ1n) is 9.87. The first kappa shape index (κ1) is 20.0. The number of carbonyl (C=O) groups is 1. The Morgan fingerprint density at radius 3 is 2.68 bits per heavy atom. The average molecular weight is 380 g/mol. The molecule has 0 aliphatic rings. The van der Waals surface area contributed by atoms with E-state index in [-0.39, 0.29) is 12.5 Å². The number of nitrogens with one attached hydrogen (secondary N) is 1. The molecule has 1 N–H and O–H groups in total. The Balaban J connectivity index is 1.94. The molecule has 148 valence electrons. The van der Waals surface area contributed by atoms with Gasteiger partial charge < -0.3 is 10.1 Å². The summed E-state index contributed by atoms with van der Waals surface area (Å²) >= 11 is 0. The first-order chi connectivity index (χ1) is 13.7. The Morgan fingerprint density at radius 2 is 1.96 bits per heavy atom. The van der Waals surface area contributed by atoms with E-state index >= 15 is 0 Å². The third-order valence-electron chi connectivity index (χ3n) is 4.82. The fourth-order valence-corrected chi connectivity index (χ4v) is 3.39. The molecule has 2 aromatic heterocycles. The lowest BCUT2D eigenvalue weighted by Crippen LogP contribution is -2.27. The van der Waals surface area contributed by atoms with Crippen LogP contribution >= 0.6 is 0 Å². The Hall–Kier alpha value is -2.73. The number of nitrogens with zero attached hydrogens (tertiary/aromatic N) is 3. The van der Waals surface area contributed by atoms with Gasteiger partial charge in [-0.05, 0) is 18.9 Å². The van der Waals surface area contributed by atoms with E-state index in [2.05, 4.69) is 22.3 Å². The number of ether oxygens (including phenoxy) is 1. The Kier molecular flexibility index (Phi) is 6.76. The van der Waals surface area contributed by atoms with Gasteiger partial charge in [-0.1, -0.05) is 56.5 Å². The van der Waals surface area contributed by atoms with Crippen molar-refractivity contribution in [2.75, 3.05) is 13.7 Å². The molecule has 0 aliphatic heterocycles. The number of hydrogen-bond donors (Lipinski definition) is 1. The number of aromatic nitrogens is 3. The molecule has 0 aliphatic carbocycles. The van der Waals surface area contributed by atoms with E-state index < -0.39 is 0 Å². The van der Waals surface area contributed by atoms with Gasteiger partial charge in [0.2, 0.25) is 0 Å². The predicted octanol–water partition coefficient (Wildman–Crippen LogP) is 4.16. The lowest BCUT2D eigenvalue weighted by molar-refractivity contribution is 0.0946. The highest BCUT2D eigenvalue weighted by molar-refractivity contribution is 5.95. The SMILES string of the molecule is CCCCCCNC(=O)c1cnc2c(-c3ccccc3)c(C)nn2c1COC. The van der Waals surface area contributed by atoms with Gasteiger partial charge in [-0.25, -0.2) is 9.50 Å². The van der Waals surface area contributed by atoms with E-state index in [0.29, 0.717) is 17.8 Å². The molecule has 0 bridgehead atoms. The van der Waals surface area contributed by atoms with Gasteiger partial charge in [0, 0.05) is 25.4 Å². The Labute approximate surface area is 165 Å². The van der Waals surface area contributed by atoms with Crippen molar-refractivity contribution in [2.45, 2.75) is 46.1 Å². The van der Waals surface area contributed by atoms with E-state index in [9.17, 15) is 4.79 Å². The van der Waals surface area contributed by atoms with Crippen LogP contribution in [0.3, 0.4) is 0 Å². The highest BCUT2D eigenvalue weighted by atomic mass is 16.5. The third-order valence-corrected chi connectivity index (χ3v) is 4.82. The summed E-state index contributed by atoms with van der Waals surface area (Å²) in [6, 6.07) is 10.1. The molecular formula is C22H28N4O2. The highest BCUT2D eigenvalue weighted by Gasteiger charge is 2.20. The van der Waals surface area contributed by atoms with Gasteiger partial charge in [0.25, 0.3) is 5.91 Å². The largest absolute Gasteiger partial charge is 0.378 e. The Bertz CT molecular complexity index is 935. The summed E-state index contributed by atoms with van der Waals surface area (Å²) < 4.78 is 7.11. The summed E-state index contributed by atoms with van der Waals surface area (Å²) in [5.41, 5.74) is 4.85. The van der Waals surface area contributed by atoms with Crippen molar-refractivity contribution in [3.8, 4) is 11.1 Å². The van der Waals surface area contributed by atoms with E-state index in [4.69, 9.17) is 4.74 Å². The zero-order valence-electron chi connectivity index (χ0n) is 16.9. The number of carbonyl (C=O) groups excluding carboxylic acids is 1. The van der Waals surface area contributed by atoms with Gasteiger partial charge in [-0.2, -0.15) is 5.10 Å². The minimum absolute atomic E-state index is 0.132. The van der Waals surface area contributed by atoms with Crippen LogP contribution in [-0.4, -0.2) is 34.2 Å². The maximum atomic E-state index is 12.7. The summed E-state index contributed by atoms with van der Waals surface area (Å²) in [7, 11) is 1.62. The van der Waals surface area contributed by atoms with Crippen LogP contribution in [0.2, 0.25) is 0 Å². The summed E-state index contributed by atoms with van der Waals surface area (Å²) in [6.45, 7) is 5.08. The molecule has 0 saturated heterocycles. The summed E-state index contributed by atoms with van der Waals surface area (Å²) in [4.78, 5) is 17.3. The molecule has 1 aromatic carbocycles. The van der Waals surface area contributed by atoms with Crippen molar-refractivity contribution in [3.63, 3.8) is 0 Å². The quantitative estimate of drug-likeness (QED) is 0.566. The van der Waals surface area contributed by atoms with Crippen LogP contribution in [0.25, 0.3) is 16.8 Å². The maximum absolute atomic E-state index is 12.7. The Morgan fingerprint density at radius 1 is 1.18 bits per heavy atom. The molecule has 0 atom stereocenters. The van der Waals surface area contributed by atoms with Gasteiger partial charge in [-0.15, -0.1) is 0 Å². The summed E-state index contributed by atoms with van der Waals surface area (Å²) in [5.74, 6) is -0.132. The van der Waals surface area contributed by atoms with Crippen LogP contribution in [0.15, 0.2) is 36.5 Å². The van der Waals surface area contributed by atoms with Gasteiger partial charge in [0.15, 0.2) is 5.65 Å². The van der Waals surface area contributed by atoms with Gasteiger partial charge in [0.1, 0.15) is 0 Å². The molecule has 0 unspecified atom stereocenters. The van der Waals surface area contributed by atoms with Gasteiger partial charge in [0.05, 0.1) is 23.6 Å².